The quantitative estimate of drug-likeness (QED) is 0.358. The number of hydrogen-bond donors (Lipinski definition) is 0. The third-order valence-corrected chi connectivity index (χ3v) is 2.85. The molecule has 0 aliphatic carbocycles. The Morgan fingerprint density at radius 1 is 1.35 bits per heavy atom. The minimum atomic E-state index is -0.196. The minimum Gasteiger partial charge on any atom is -0.462 e. The van der Waals surface area contributed by atoms with Crippen molar-refractivity contribution in [2.45, 2.75) is 53.4 Å². The van der Waals surface area contributed by atoms with E-state index in [2.05, 4.69) is 13.8 Å². The average Bonchev–Trinajstić information content (AvgIpc) is 2.35. The normalized spacial score (nSPS) is 14.0. The van der Waals surface area contributed by atoms with Gasteiger partial charge in [-0.15, -0.1) is 0 Å². The Morgan fingerprint density at radius 3 is 2.59 bits per heavy atom. The van der Waals surface area contributed by atoms with Crippen molar-refractivity contribution in [3.05, 3.63) is 23.8 Å². The number of carbonyl (C=O) groups excluding carboxylic acids is 1. The number of allylic oxidation sites excluding steroid dienone is 3. The van der Waals surface area contributed by atoms with Crippen molar-refractivity contribution in [3.63, 3.8) is 0 Å². The van der Waals surface area contributed by atoms with Crippen molar-refractivity contribution in [2.24, 2.45) is 5.92 Å². The van der Waals surface area contributed by atoms with Crippen LogP contribution in [0, 0.1) is 5.92 Å². The highest BCUT2D eigenvalue weighted by molar-refractivity contribution is 5.88. The maximum Gasteiger partial charge on any atom is 0.333 e. The molecule has 0 rings (SSSR count). The first-order valence-electron chi connectivity index (χ1n) is 6.62. The van der Waals surface area contributed by atoms with Crippen LogP contribution >= 0.6 is 0 Å². The molecule has 0 aromatic carbocycles. The molecule has 0 fully saturated rings. The topological polar surface area (TPSA) is 26.3 Å². The zero-order valence-electron chi connectivity index (χ0n) is 11.7. The van der Waals surface area contributed by atoms with Crippen molar-refractivity contribution >= 4 is 5.97 Å². The van der Waals surface area contributed by atoms with Crippen LogP contribution in [0.5, 0.6) is 0 Å². The van der Waals surface area contributed by atoms with Crippen molar-refractivity contribution in [1.82, 2.24) is 0 Å². The molecule has 0 spiro atoms. The largest absolute Gasteiger partial charge is 0.462 e. The summed E-state index contributed by atoms with van der Waals surface area (Å²) in [6, 6.07) is 0. The van der Waals surface area contributed by atoms with Crippen molar-refractivity contribution in [3.8, 4) is 0 Å². The van der Waals surface area contributed by atoms with Gasteiger partial charge in [-0.25, -0.2) is 4.79 Å². The van der Waals surface area contributed by atoms with Gasteiger partial charge in [-0.05, 0) is 26.2 Å². The molecular weight excluding hydrogens is 212 g/mol. The Labute approximate surface area is 106 Å². The van der Waals surface area contributed by atoms with Crippen molar-refractivity contribution in [1.29, 1.82) is 0 Å². The smallest absolute Gasteiger partial charge is 0.333 e. The van der Waals surface area contributed by atoms with Gasteiger partial charge in [0, 0.05) is 5.57 Å². The van der Waals surface area contributed by atoms with Gasteiger partial charge < -0.3 is 4.74 Å². The van der Waals surface area contributed by atoms with Crippen LogP contribution in [0.2, 0.25) is 0 Å². The van der Waals surface area contributed by atoms with Gasteiger partial charge in [0.1, 0.15) is 0 Å². The lowest BCUT2D eigenvalue weighted by atomic mass is 10.0. The zero-order chi connectivity index (χ0) is 13.1. The Kier molecular flexibility index (Phi) is 9.50. The number of rotatable bonds is 8. The number of unbranched alkanes of at least 4 members (excludes halogenated alkanes) is 1. The molecule has 0 saturated carbocycles. The molecule has 0 saturated heterocycles. The summed E-state index contributed by atoms with van der Waals surface area (Å²) in [5.74, 6) is 0.312. The molecule has 0 aliphatic heterocycles. The first-order chi connectivity index (χ1) is 8.15. The van der Waals surface area contributed by atoms with Crippen LogP contribution in [0.3, 0.4) is 0 Å². The lowest BCUT2D eigenvalue weighted by Gasteiger charge is -2.14. The van der Waals surface area contributed by atoms with E-state index in [4.69, 9.17) is 4.74 Å². The Morgan fingerprint density at radius 2 is 2.06 bits per heavy atom. The van der Waals surface area contributed by atoms with Gasteiger partial charge in [0.15, 0.2) is 0 Å². The Hall–Kier alpha value is -1.05. The molecule has 0 N–H and O–H groups in total. The maximum atomic E-state index is 11.6. The molecule has 1 unspecified atom stereocenters. The fraction of sp³-hybridized carbons (Fsp3) is 0.667. The molecule has 2 heteroatoms. The van der Waals surface area contributed by atoms with Crippen LogP contribution in [0.1, 0.15) is 53.4 Å². The molecule has 2 nitrogen and oxygen atoms in total. The van der Waals surface area contributed by atoms with Crippen LogP contribution in [0.4, 0.5) is 0 Å². The van der Waals surface area contributed by atoms with E-state index in [1.165, 1.54) is 12.8 Å². The van der Waals surface area contributed by atoms with Gasteiger partial charge in [-0.2, -0.15) is 0 Å². The molecule has 98 valence electrons. The molecule has 0 bridgehead atoms. The average molecular weight is 238 g/mol. The molecule has 17 heavy (non-hydrogen) atoms. The molecule has 0 aromatic rings. The fourth-order valence-corrected chi connectivity index (χ4v) is 1.51. The lowest BCUT2D eigenvalue weighted by Crippen LogP contribution is -2.14. The third-order valence-electron chi connectivity index (χ3n) is 2.85. The summed E-state index contributed by atoms with van der Waals surface area (Å²) < 4.78 is 5.31. The summed E-state index contributed by atoms with van der Waals surface area (Å²) in [5.41, 5.74) is 0.661. The summed E-state index contributed by atoms with van der Waals surface area (Å²) in [6.07, 6.45) is 10.2. The van der Waals surface area contributed by atoms with E-state index >= 15 is 0 Å². The molecule has 0 aliphatic rings. The van der Waals surface area contributed by atoms with E-state index in [9.17, 15) is 4.79 Å². The van der Waals surface area contributed by atoms with Gasteiger partial charge >= 0.3 is 5.97 Å². The molecule has 0 amide bonds. The molecular formula is C15H26O2. The van der Waals surface area contributed by atoms with E-state index in [-0.39, 0.29) is 5.97 Å². The molecule has 1 atom stereocenters. The zero-order valence-corrected chi connectivity index (χ0v) is 11.7. The summed E-state index contributed by atoms with van der Waals surface area (Å²) in [5, 5.41) is 0. The van der Waals surface area contributed by atoms with E-state index in [1.54, 1.807) is 13.0 Å². The lowest BCUT2D eigenvalue weighted by molar-refractivity contribution is -0.140. The van der Waals surface area contributed by atoms with Crippen LogP contribution in [0.25, 0.3) is 0 Å². The maximum absolute atomic E-state index is 11.6. The standard InChI is InChI=1S/C15H26O2/c1-5-8-10-13(4)15(16)17-12-14(7-3)11-9-6-2/h5,8,10,14H,6-7,9,11-12H2,1-4H3. The number of ether oxygens (including phenoxy) is 1. The van der Waals surface area contributed by atoms with Gasteiger partial charge in [0.05, 0.1) is 6.61 Å². The Balaban J connectivity index is 4.03. The van der Waals surface area contributed by atoms with Crippen LogP contribution in [0.15, 0.2) is 23.8 Å². The second-order valence-corrected chi connectivity index (χ2v) is 4.39. The predicted octanol–water partition coefficient (Wildman–Crippen LogP) is 4.27. The SMILES string of the molecule is CC=CC=C(C)C(=O)OCC(CC)CCCC. The van der Waals surface area contributed by atoms with Gasteiger partial charge in [0.25, 0.3) is 0 Å². The minimum absolute atomic E-state index is 0.196. The third kappa shape index (κ3) is 7.78. The summed E-state index contributed by atoms with van der Waals surface area (Å²) >= 11 is 0. The van der Waals surface area contributed by atoms with Crippen LogP contribution in [-0.4, -0.2) is 12.6 Å². The second-order valence-electron chi connectivity index (χ2n) is 4.39. The summed E-state index contributed by atoms with van der Waals surface area (Å²) in [4.78, 5) is 11.6. The highest BCUT2D eigenvalue weighted by Crippen LogP contribution is 2.13. The molecule has 0 heterocycles. The number of carbonyl (C=O) groups is 1. The summed E-state index contributed by atoms with van der Waals surface area (Å²) in [7, 11) is 0. The molecule has 0 radical (unpaired) electrons. The van der Waals surface area contributed by atoms with Gasteiger partial charge in [0.2, 0.25) is 0 Å². The monoisotopic (exact) mass is 238 g/mol. The van der Waals surface area contributed by atoms with E-state index in [0.717, 1.165) is 12.8 Å². The van der Waals surface area contributed by atoms with Gasteiger partial charge in [-0.1, -0.05) is 51.3 Å². The van der Waals surface area contributed by atoms with E-state index < -0.39 is 0 Å². The fourth-order valence-electron chi connectivity index (χ4n) is 1.51. The van der Waals surface area contributed by atoms with Crippen LogP contribution in [-0.2, 0) is 9.53 Å². The van der Waals surface area contributed by atoms with Crippen molar-refractivity contribution < 1.29 is 9.53 Å². The second kappa shape index (κ2) is 10.1. The van der Waals surface area contributed by atoms with Gasteiger partial charge in [-0.3, -0.25) is 0 Å². The first kappa shape index (κ1) is 16.0. The number of esters is 1. The van der Waals surface area contributed by atoms with Crippen molar-refractivity contribution in [2.75, 3.05) is 6.61 Å². The van der Waals surface area contributed by atoms with Crippen LogP contribution < -0.4 is 0 Å². The highest BCUT2D eigenvalue weighted by atomic mass is 16.5. The first-order valence-corrected chi connectivity index (χ1v) is 6.62. The summed E-state index contributed by atoms with van der Waals surface area (Å²) in [6.45, 7) is 8.60. The Bertz CT molecular complexity index is 264. The highest BCUT2D eigenvalue weighted by Gasteiger charge is 2.10. The predicted molar refractivity (Wildman–Crippen MR) is 72.8 cm³/mol. The van der Waals surface area contributed by atoms with E-state index in [1.807, 2.05) is 19.1 Å². The van der Waals surface area contributed by atoms with E-state index in [0.29, 0.717) is 18.1 Å². The number of hydrogen-bond acceptors (Lipinski definition) is 2. The molecule has 0 aromatic heterocycles.